The van der Waals surface area contributed by atoms with Crippen molar-refractivity contribution in [2.75, 3.05) is 0 Å². The van der Waals surface area contributed by atoms with E-state index in [9.17, 15) is 15.4 Å². The number of rotatable bonds is 3. The van der Waals surface area contributed by atoms with Gasteiger partial charge < -0.3 is 4.74 Å². The zero-order chi connectivity index (χ0) is 16.4. The third-order valence-electron chi connectivity index (χ3n) is 3.88. The fraction of sp³-hybridized carbons (Fsp3) is 0.167. The molecule has 2 atom stereocenters. The molecule has 1 aliphatic heterocycles. The molecule has 5 heteroatoms. The van der Waals surface area contributed by atoms with E-state index < -0.39 is 17.1 Å². The quantitative estimate of drug-likeness (QED) is 0.640. The summed E-state index contributed by atoms with van der Waals surface area (Å²) in [5.41, 5.74) is 2.74. The molecule has 0 amide bonds. The lowest BCUT2D eigenvalue weighted by molar-refractivity contribution is -0.567. The molecule has 0 N–H and O–H groups in total. The van der Waals surface area contributed by atoms with E-state index in [4.69, 9.17) is 4.74 Å². The maximum atomic E-state index is 11.4. The van der Waals surface area contributed by atoms with Crippen molar-refractivity contribution < 1.29 is 9.66 Å². The van der Waals surface area contributed by atoms with Gasteiger partial charge in [-0.3, -0.25) is 10.1 Å². The average molecular weight is 306 g/mol. The first-order valence-electron chi connectivity index (χ1n) is 7.18. The van der Waals surface area contributed by atoms with Crippen LogP contribution in [0.2, 0.25) is 0 Å². The Hall–Kier alpha value is -3.13. The van der Waals surface area contributed by atoms with Gasteiger partial charge in [-0.15, -0.1) is 0 Å². The van der Waals surface area contributed by atoms with Crippen molar-refractivity contribution in [3.63, 3.8) is 0 Å². The van der Waals surface area contributed by atoms with Crippen LogP contribution in [0, 0.1) is 28.4 Å². The second-order valence-electron chi connectivity index (χ2n) is 5.40. The minimum Gasteiger partial charge on any atom is -0.427 e. The molecule has 3 rings (SSSR count). The van der Waals surface area contributed by atoms with Gasteiger partial charge in [-0.25, -0.2) is 0 Å². The normalized spacial score (nSPS) is 20.0. The molecule has 0 saturated carbocycles. The van der Waals surface area contributed by atoms with Crippen LogP contribution in [0.1, 0.15) is 22.6 Å². The largest absolute Gasteiger partial charge is 0.427 e. The molecule has 2 aromatic carbocycles. The topological polar surface area (TPSA) is 76.2 Å². The first-order valence-corrected chi connectivity index (χ1v) is 7.18. The minimum absolute atomic E-state index is 0.293. The van der Waals surface area contributed by atoms with Gasteiger partial charge in [0.25, 0.3) is 0 Å². The highest BCUT2D eigenvalue weighted by atomic mass is 16.7. The third kappa shape index (κ3) is 2.67. The van der Waals surface area contributed by atoms with E-state index in [2.05, 4.69) is 6.07 Å². The van der Waals surface area contributed by atoms with Crippen LogP contribution in [0.15, 0.2) is 60.2 Å². The molecule has 0 radical (unpaired) electrons. The Kier molecular flexibility index (Phi) is 3.82. The Morgan fingerprint density at radius 1 is 1.13 bits per heavy atom. The van der Waals surface area contributed by atoms with Crippen LogP contribution in [0.3, 0.4) is 0 Å². The minimum atomic E-state index is -1.29. The number of ether oxygens (including phenoxy) is 1. The van der Waals surface area contributed by atoms with Crippen molar-refractivity contribution in [1.29, 1.82) is 5.26 Å². The SMILES string of the molecule is Cc1ccc(C2=C(C#N)[C@H](c3ccccc3)[C@@H]([N+](=O)[O-])O2)cc1. The molecule has 2 aromatic rings. The smallest absolute Gasteiger partial charge is 0.365 e. The summed E-state index contributed by atoms with van der Waals surface area (Å²) in [6, 6.07) is 18.5. The predicted molar refractivity (Wildman–Crippen MR) is 84.8 cm³/mol. The van der Waals surface area contributed by atoms with Gasteiger partial charge >= 0.3 is 6.23 Å². The van der Waals surface area contributed by atoms with E-state index in [1.54, 1.807) is 24.3 Å². The molecule has 5 nitrogen and oxygen atoms in total. The van der Waals surface area contributed by atoms with E-state index in [0.717, 1.165) is 5.56 Å². The van der Waals surface area contributed by atoms with Crippen molar-refractivity contribution in [2.24, 2.45) is 0 Å². The lowest BCUT2D eigenvalue weighted by atomic mass is 9.90. The highest BCUT2D eigenvalue weighted by Crippen LogP contribution is 2.42. The fourth-order valence-electron chi connectivity index (χ4n) is 2.74. The van der Waals surface area contributed by atoms with E-state index in [1.165, 1.54) is 0 Å². The molecule has 0 fully saturated rings. The van der Waals surface area contributed by atoms with Gasteiger partial charge in [-0.2, -0.15) is 5.26 Å². The molecule has 0 spiro atoms. The number of hydrogen-bond acceptors (Lipinski definition) is 4. The maximum absolute atomic E-state index is 11.4. The molecular weight excluding hydrogens is 292 g/mol. The Bertz CT molecular complexity index is 804. The highest BCUT2D eigenvalue weighted by Gasteiger charge is 2.46. The van der Waals surface area contributed by atoms with Gasteiger partial charge in [0.1, 0.15) is 11.7 Å². The van der Waals surface area contributed by atoms with E-state index in [-0.39, 0.29) is 0 Å². The van der Waals surface area contributed by atoms with Crippen LogP contribution in [0.4, 0.5) is 0 Å². The number of benzene rings is 2. The number of nitriles is 1. The molecule has 1 heterocycles. The zero-order valence-corrected chi connectivity index (χ0v) is 12.5. The summed E-state index contributed by atoms with van der Waals surface area (Å²) in [5.74, 6) is -0.407. The van der Waals surface area contributed by atoms with Crippen molar-refractivity contribution in [3.8, 4) is 6.07 Å². The molecular formula is C18H14N2O3. The van der Waals surface area contributed by atoms with Crippen LogP contribution in [0.5, 0.6) is 0 Å². The van der Waals surface area contributed by atoms with Crippen molar-refractivity contribution in [1.82, 2.24) is 0 Å². The number of hydrogen-bond donors (Lipinski definition) is 0. The van der Waals surface area contributed by atoms with Gasteiger partial charge in [0.2, 0.25) is 0 Å². The molecule has 0 aromatic heterocycles. The van der Waals surface area contributed by atoms with Gasteiger partial charge in [-0.1, -0.05) is 60.2 Å². The summed E-state index contributed by atoms with van der Waals surface area (Å²) >= 11 is 0. The summed E-state index contributed by atoms with van der Waals surface area (Å²) in [4.78, 5) is 10.9. The van der Waals surface area contributed by atoms with Crippen molar-refractivity contribution in [3.05, 3.63) is 87.0 Å². The predicted octanol–water partition coefficient (Wildman–Crippen LogP) is 3.65. The Balaban J connectivity index is 2.13. The second-order valence-corrected chi connectivity index (χ2v) is 5.40. The molecule has 0 aliphatic carbocycles. The zero-order valence-electron chi connectivity index (χ0n) is 12.5. The van der Waals surface area contributed by atoms with E-state index >= 15 is 0 Å². The van der Waals surface area contributed by atoms with Crippen LogP contribution in [-0.2, 0) is 4.74 Å². The maximum Gasteiger partial charge on any atom is 0.365 e. The van der Waals surface area contributed by atoms with Gasteiger partial charge in [0.15, 0.2) is 0 Å². The Labute approximate surface area is 133 Å². The van der Waals surface area contributed by atoms with Crippen LogP contribution >= 0.6 is 0 Å². The monoisotopic (exact) mass is 306 g/mol. The number of aryl methyl sites for hydroxylation is 1. The van der Waals surface area contributed by atoms with Crippen LogP contribution in [-0.4, -0.2) is 11.2 Å². The summed E-state index contributed by atoms with van der Waals surface area (Å²) in [5, 5.41) is 21.0. The van der Waals surface area contributed by atoms with Gasteiger partial charge in [0.05, 0.1) is 16.6 Å². The first-order chi connectivity index (χ1) is 11.1. The van der Waals surface area contributed by atoms with E-state index in [1.807, 2.05) is 37.3 Å². The summed E-state index contributed by atoms with van der Waals surface area (Å²) in [6.07, 6.45) is -1.29. The molecule has 0 saturated heterocycles. The summed E-state index contributed by atoms with van der Waals surface area (Å²) in [7, 11) is 0. The average Bonchev–Trinajstić information content (AvgIpc) is 2.96. The van der Waals surface area contributed by atoms with Crippen molar-refractivity contribution >= 4 is 5.76 Å². The molecule has 0 bridgehead atoms. The molecule has 114 valence electrons. The number of nitrogens with zero attached hydrogens (tertiary/aromatic N) is 2. The van der Waals surface area contributed by atoms with Gasteiger partial charge in [0, 0.05) is 5.56 Å². The first kappa shape index (κ1) is 14.8. The lowest BCUT2D eigenvalue weighted by Gasteiger charge is -2.12. The summed E-state index contributed by atoms with van der Waals surface area (Å²) < 4.78 is 5.58. The van der Waals surface area contributed by atoms with E-state index in [0.29, 0.717) is 22.5 Å². The Morgan fingerprint density at radius 2 is 1.78 bits per heavy atom. The second kappa shape index (κ2) is 5.93. The highest BCUT2D eigenvalue weighted by molar-refractivity contribution is 5.71. The fourth-order valence-corrected chi connectivity index (χ4v) is 2.74. The molecule has 0 unspecified atom stereocenters. The molecule has 23 heavy (non-hydrogen) atoms. The standard InChI is InChI=1S/C18H14N2O3/c1-12-7-9-14(10-8-12)17-15(11-19)16(18(23-17)20(21)22)13-5-3-2-4-6-13/h2-10,16,18H,1H3/t16-,18-/m0/s1. The Morgan fingerprint density at radius 3 is 2.35 bits per heavy atom. The molecule has 1 aliphatic rings. The van der Waals surface area contributed by atoms with Gasteiger partial charge in [-0.05, 0) is 12.5 Å². The number of nitro groups is 1. The van der Waals surface area contributed by atoms with Crippen molar-refractivity contribution in [2.45, 2.75) is 19.1 Å². The van der Waals surface area contributed by atoms with Crippen LogP contribution in [0.25, 0.3) is 5.76 Å². The van der Waals surface area contributed by atoms with Crippen LogP contribution < -0.4 is 0 Å². The lowest BCUT2D eigenvalue weighted by Crippen LogP contribution is -2.26. The third-order valence-corrected chi connectivity index (χ3v) is 3.88. The summed E-state index contributed by atoms with van der Waals surface area (Å²) in [6.45, 7) is 1.95.